The van der Waals surface area contributed by atoms with Crippen molar-refractivity contribution in [3.63, 3.8) is 0 Å². The van der Waals surface area contributed by atoms with E-state index < -0.39 is 11.8 Å². The number of halogens is 1. The number of aryl methyl sites for hydroxylation is 1. The zero-order valence-electron chi connectivity index (χ0n) is 18.0. The van der Waals surface area contributed by atoms with E-state index >= 15 is 0 Å². The van der Waals surface area contributed by atoms with Crippen molar-refractivity contribution in [1.82, 2.24) is 9.88 Å². The summed E-state index contributed by atoms with van der Waals surface area (Å²) in [6, 6.07) is 12.3. The molecule has 8 heteroatoms. The number of amides is 2. The lowest BCUT2D eigenvalue weighted by Crippen LogP contribution is -2.20. The molecule has 1 aliphatic rings. The van der Waals surface area contributed by atoms with Crippen LogP contribution < -0.4 is 10.1 Å². The Hall–Kier alpha value is -3.55. The first-order chi connectivity index (χ1) is 15.8. The Balaban J connectivity index is 1.82. The van der Waals surface area contributed by atoms with E-state index in [2.05, 4.69) is 5.32 Å². The second-order valence-corrected chi connectivity index (χ2v) is 8.73. The summed E-state index contributed by atoms with van der Waals surface area (Å²) in [5, 5.41) is 23.9. The van der Waals surface area contributed by atoms with E-state index in [0.29, 0.717) is 32.4 Å². The molecule has 33 heavy (non-hydrogen) atoms. The van der Waals surface area contributed by atoms with E-state index in [4.69, 9.17) is 16.3 Å². The molecule has 2 amide bonds. The van der Waals surface area contributed by atoms with Gasteiger partial charge in [0.25, 0.3) is 11.8 Å². The van der Waals surface area contributed by atoms with Gasteiger partial charge in [0.15, 0.2) is 11.5 Å². The van der Waals surface area contributed by atoms with Crippen LogP contribution in [-0.4, -0.2) is 39.8 Å². The summed E-state index contributed by atoms with van der Waals surface area (Å²) in [5.41, 5.74) is 3.18. The molecule has 1 aromatic heterocycles. The van der Waals surface area contributed by atoms with Gasteiger partial charge in [0.1, 0.15) is 0 Å². The number of nitrogens with zero attached hydrogens (tertiary/aromatic N) is 1. The van der Waals surface area contributed by atoms with Crippen LogP contribution in [0.2, 0.25) is 5.02 Å². The van der Waals surface area contributed by atoms with Crippen molar-refractivity contribution < 1.29 is 24.5 Å². The molecule has 1 aliphatic heterocycles. The Morgan fingerprint density at radius 3 is 2.52 bits per heavy atom. The van der Waals surface area contributed by atoms with Crippen molar-refractivity contribution in [2.45, 2.75) is 6.92 Å². The molecule has 0 spiro atoms. The number of ether oxygens (including phenoxy) is 1. The smallest absolute Gasteiger partial charge is 0.259 e. The first-order valence-electron chi connectivity index (χ1n) is 10.5. The topological polar surface area (TPSA) is 101 Å². The molecule has 0 aliphatic carbocycles. The largest absolute Gasteiger partial charge is 0.504 e. The third kappa shape index (κ3) is 3.23. The van der Waals surface area contributed by atoms with E-state index in [-0.39, 0.29) is 41.8 Å². The van der Waals surface area contributed by atoms with Crippen molar-refractivity contribution in [3.8, 4) is 22.6 Å². The molecule has 0 saturated heterocycles. The van der Waals surface area contributed by atoms with Crippen LogP contribution in [0.15, 0.2) is 42.5 Å². The fraction of sp³-hybridized carbons (Fsp3) is 0.200. The van der Waals surface area contributed by atoms with Gasteiger partial charge in [-0.2, -0.15) is 0 Å². The molecule has 2 heterocycles. The molecule has 0 saturated carbocycles. The number of benzene rings is 3. The normalized spacial score (nSPS) is 14.1. The number of rotatable bonds is 5. The molecule has 0 fully saturated rings. The Bertz CT molecular complexity index is 1470. The molecule has 168 valence electrons. The molecule has 0 radical (unpaired) electrons. The van der Waals surface area contributed by atoms with E-state index in [1.807, 2.05) is 36.7 Å². The summed E-state index contributed by atoms with van der Waals surface area (Å²) in [4.78, 5) is 25.7. The van der Waals surface area contributed by atoms with Crippen LogP contribution in [0.1, 0.15) is 27.6 Å². The van der Waals surface area contributed by atoms with Crippen LogP contribution >= 0.6 is 11.6 Å². The number of aromatic nitrogens is 1. The number of aliphatic hydroxyl groups excluding tert-OH is 1. The van der Waals surface area contributed by atoms with Crippen molar-refractivity contribution in [2.24, 2.45) is 13.0 Å². The van der Waals surface area contributed by atoms with Crippen molar-refractivity contribution in [2.75, 3.05) is 13.2 Å². The maximum Gasteiger partial charge on any atom is 0.259 e. The van der Waals surface area contributed by atoms with Gasteiger partial charge in [-0.1, -0.05) is 36.7 Å². The average Bonchev–Trinajstić information content (AvgIpc) is 3.24. The van der Waals surface area contributed by atoms with E-state index in [9.17, 15) is 19.8 Å². The molecule has 3 N–H and O–H groups in total. The van der Waals surface area contributed by atoms with Crippen LogP contribution in [0, 0.1) is 5.92 Å². The second kappa shape index (κ2) is 7.79. The maximum absolute atomic E-state index is 12.9. The number of hydrogen-bond acceptors (Lipinski definition) is 5. The average molecular weight is 465 g/mol. The Morgan fingerprint density at radius 1 is 1.06 bits per heavy atom. The van der Waals surface area contributed by atoms with Crippen molar-refractivity contribution >= 4 is 45.2 Å². The number of carbonyl (C=O) groups excluding carboxylic acids is 2. The van der Waals surface area contributed by atoms with Gasteiger partial charge in [-0.3, -0.25) is 14.9 Å². The highest BCUT2D eigenvalue weighted by Crippen LogP contribution is 2.44. The van der Waals surface area contributed by atoms with Crippen LogP contribution in [-0.2, 0) is 7.05 Å². The number of nitrogens with one attached hydrogen (secondary N) is 1. The SMILES string of the molecule is CC(CO)COc1cc2c(cc1O)c1c3c(c(-c4ccccc4Cl)cc1n2C)C(=O)NC3=O. The molecule has 4 aromatic rings. The van der Waals surface area contributed by atoms with Crippen LogP contribution in [0.25, 0.3) is 32.9 Å². The molecule has 0 bridgehead atoms. The van der Waals surface area contributed by atoms with Gasteiger partial charge in [-0.25, -0.2) is 0 Å². The molecule has 3 aromatic carbocycles. The van der Waals surface area contributed by atoms with Crippen molar-refractivity contribution in [1.29, 1.82) is 0 Å². The fourth-order valence-electron chi connectivity index (χ4n) is 4.35. The first-order valence-corrected chi connectivity index (χ1v) is 10.9. The Labute approximate surface area is 194 Å². The number of hydrogen-bond donors (Lipinski definition) is 3. The van der Waals surface area contributed by atoms with Gasteiger partial charge in [0.2, 0.25) is 0 Å². The van der Waals surface area contributed by atoms with E-state index in [1.54, 1.807) is 24.3 Å². The minimum absolute atomic E-state index is 0.0306. The highest BCUT2D eigenvalue weighted by atomic mass is 35.5. The highest BCUT2D eigenvalue weighted by Gasteiger charge is 2.34. The zero-order valence-corrected chi connectivity index (χ0v) is 18.7. The lowest BCUT2D eigenvalue weighted by Gasteiger charge is -2.12. The fourth-order valence-corrected chi connectivity index (χ4v) is 4.59. The predicted octanol–water partition coefficient (Wildman–Crippen LogP) is 4.25. The minimum atomic E-state index is -0.488. The number of phenols is 1. The van der Waals surface area contributed by atoms with Gasteiger partial charge >= 0.3 is 0 Å². The lowest BCUT2D eigenvalue weighted by molar-refractivity contribution is 0.0880. The van der Waals surface area contributed by atoms with Gasteiger partial charge in [0, 0.05) is 47.0 Å². The molecular formula is C25H21ClN2O5. The quantitative estimate of drug-likeness (QED) is 0.383. The number of carbonyl (C=O) groups is 2. The summed E-state index contributed by atoms with van der Waals surface area (Å²) >= 11 is 6.44. The van der Waals surface area contributed by atoms with Gasteiger partial charge < -0.3 is 19.5 Å². The number of aromatic hydroxyl groups is 1. The number of aliphatic hydroxyl groups is 1. The number of fused-ring (bicyclic) bond motifs is 5. The first kappa shape index (κ1) is 21.3. The van der Waals surface area contributed by atoms with Gasteiger partial charge in [-0.15, -0.1) is 0 Å². The molecule has 7 nitrogen and oxygen atoms in total. The van der Waals surface area contributed by atoms with Crippen molar-refractivity contribution in [3.05, 3.63) is 58.6 Å². The highest BCUT2D eigenvalue weighted by molar-refractivity contribution is 6.36. The Kier molecular flexibility index (Phi) is 5.03. The molecule has 1 atom stereocenters. The van der Waals surface area contributed by atoms with Crippen LogP contribution in [0.5, 0.6) is 11.5 Å². The maximum atomic E-state index is 12.9. The standard InChI is InChI=1S/C25H21ClN2O5/c1-12(10-29)11-33-20-9-17-15(8-19(20)30)21-18(28(17)2)7-14(13-5-3-4-6-16(13)26)22-23(21)25(32)27-24(22)31/h3-9,12,29-30H,10-11H2,1-2H3,(H,27,31,32). The second-order valence-electron chi connectivity index (χ2n) is 8.33. The Morgan fingerprint density at radius 2 is 1.79 bits per heavy atom. The third-order valence-electron chi connectivity index (χ3n) is 6.06. The summed E-state index contributed by atoms with van der Waals surface area (Å²) in [5.74, 6) is -0.876. The number of phenolic OH excluding ortho intramolecular Hbond substituents is 1. The molecule has 5 rings (SSSR count). The minimum Gasteiger partial charge on any atom is -0.504 e. The summed E-state index contributed by atoms with van der Waals surface area (Å²) in [6.45, 7) is 2.04. The lowest BCUT2D eigenvalue weighted by atomic mass is 9.93. The third-order valence-corrected chi connectivity index (χ3v) is 6.39. The zero-order chi connectivity index (χ0) is 23.4. The number of imide groups is 1. The predicted molar refractivity (Wildman–Crippen MR) is 126 cm³/mol. The molecular weight excluding hydrogens is 444 g/mol. The van der Waals surface area contributed by atoms with Gasteiger partial charge in [-0.05, 0) is 23.8 Å². The van der Waals surface area contributed by atoms with E-state index in [1.165, 1.54) is 0 Å². The monoisotopic (exact) mass is 464 g/mol. The van der Waals surface area contributed by atoms with Crippen LogP contribution in [0.3, 0.4) is 0 Å². The summed E-state index contributed by atoms with van der Waals surface area (Å²) in [6.07, 6.45) is 0. The summed E-state index contributed by atoms with van der Waals surface area (Å²) in [7, 11) is 1.85. The summed E-state index contributed by atoms with van der Waals surface area (Å²) < 4.78 is 7.61. The van der Waals surface area contributed by atoms with Crippen LogP contribution in [0.4, 0.5) is 0 Å². The van der Waals surface area contributed by atoms with Gasteiger partial charge in [0.05, 0.1) is 28.8 Å². The molecule has 1 unspecified atom stereocenters. The van der Waals surface area contributed by atoms with E-state index in [0.717, 1.165) is 5.52 Å².